The van der Waals surface area contributed by atoms with Gasteiger partial charge in [0.05, 0.1) is 0 Å². The van der Waals surface area contributed by atoms with E-state index in [1.165, 1.54) is 12.8 Å². The zero-order valence-corrected chi connectivity index (χ0v) is 5.35. The largest absolute Gasteiger partial charge is 0.360 e. The van der Waals surface area contributed by atoms with E-state index < -0.39 is 0 Å². The third kappa shape index (κ3) is 0.661. The van der Waals surface area contributed by atoms with Crippen LogP contribution in [-0.2, 0) is 5.41 Å². The van der Waals surface area contributed by atoms with Crippen LogP contribution < -0.4 is 0 Å². The summed E-state index contributed by atoms with van der Waals surface area (Å²) >= 11 is 0. The molecular weight excluding hydrogens is 114 g/mol. The van der Waals surface area contributed by atoms with Gasteiger partial charge in [0, 0.05) is 11.5 Å². The molecule has 1 radical (unpaired) electrons. The molecule has 2 rings (SSSR count). The molecule has 1 aromatic heterocycles. The molecule has 1 heterocycles. The van der Waals surface area contributed by atoms with E-state index >= 15 is 0 Å². The fraction of sp³-hybridized carbons (Fsp3) is 0.571. The second-order valence-electron chi connectivity index (χ2n) is 2.88. The van der Waals surface area contributed by atoms with Gasteiger partial charge in [-0.3, -0.25) is 0 Å². The van der Waals surface area contributed by atoms with Crippen LogP contribution in [0, 0.1) is 6.20 Å². The van der Waals surface area contributed by atoms with E-state index in [1.807, 2.05) is 6.07 Å². The second-order valence-corrected chi connectivity index (χ2v) is 2.88. The van der Waals surface area contributed by atoms with E-state index in [0.29, 0.717) is 5.41 Å². The molecule has 0 spiro atoms. The number of hydrogen-bond donors (Lipinski definition) is 0. The van der Waals surface area contributed by atoms with Crippen LogP contribution in [0.4, 0.5) is 0 Å². The number of nitrogens with zero attached hydrogens (tertiary/aromatic N) is 1. The Labute approximate surface area is 53.9 Å². The molecule has 0 unspecified atom stereocenters. The zero-order chi connectivity index (χ0) is 6.32. The molecule has 2 nitrogen and oxygen atoms in total. The van der Waals surface area contributed by atoms with Crippen LogP contribution in [-0.4, -0.2) is 5.16 Å². The summed E-state index contributed by atoms with van der Waals surface area (Å²) in [5, 5.41) is 3.53. The Morgan fingerprint density at radius 2 is 2.56 bits per heavy atom. The predicted octanol–water partition coefficient (Wildman–Crippen LogP) is 1.53. The summed E-state index contributed by atoms with van der Waals surface area (Å²) < 4.78 is 4.95. The van der Waals surface area contributed by atoms with Gasteiger partial charge < -0.3 is 4.52 Å². The highest BCUT2D eigenvalue weighted by atomic mass is 16.5. The molecule has 0 aliphatic heterocycles. The van der Waals surface area contributed by atoms with Crippen LogP contribution in [0.1, 0.15) is 25.5 Å². The molecule has 0 amide bonds. The van der Waals surface area contributed by atoms with Crippen LogP contribution in [0.25, 0.3) is 0 Å². The first-order valence-electron chi connectivity index (χ1n) is 3.14. The smallest absolute Gasteiger partial charge is 0.143 e. The van der Waals surface area contributed by atoms with Crippen LogP contribution in [0.15, 0.2) is 10.6 Å². The van der Waals surface area contributed by atoms with E-state index in [0.717, 1.165) is 5.76 Å². The van der Waals surface area contributed by atoms with Gasteiger partial charge in [0.1, 0.15) is 12.0 Å². The van der Waals surface area contributed by atoms with E-state index in [9.17, 15) is 0 Å². The Balaban J connectivity index is 2.34. The maximum Gasteiger partial charge on any atom is 0.143 e. The Bertz CT molecular complexity index is 199. The predicted molar refractivity (Wildman–Crippen MR) is 31.9 cm³/mol. The van der Waals surface area contributed by atoms with Crippen molar-refractivity contribution in [3.05, 3.63) is 18.0 Å². The van der Waals surface area contributed by atoms with E-state index in [-0.39, 0.29) is 0 Å². The number of rotatable bonds is 1. The maximum absolute atomic E-state index is 4.95. The van der Waals surface area contributed by atoms with Crippen molar-refractivity contribution in [2.24, 2.45) is 0 Å². The van der Waals surface area contributed by atoms with Gasteiger partial charge in [-0.2, -0.15) is 0 Å². The molecule has 0 bridgehead atoms. The van der Waals surface area contributed by atoms with Crippen molar-refractivity contribution >= 4 is 0 Å². The summed E-state index contributed by atoms with van der Waals surface area (Å²) in [4.78, 5) is 0. The van der Waals surface area contributed by atoms with Crippen LogP contribution >= 0.6 is 0 Å². The molecule has 0 aromatic carbocycles. The van der Waals surface area contributed by atoms with Gasteiger partial charge in [-0.05, 0) is 12.8 Å². The highest BCUT2D eigenvalue weighted by Gasteiger charge is 2.42. The van der Waals surface area contributed by atoms with Crippen LogP contribution in [0.5, 0.6) is 0 Å². The summed E-state index contributed by atoms with van der Waals surface area (Å²) in [6.45, 7) is 2.18. The first kappa shape index (κ1) is 5.03. The summed E-state index contributed by atoms with van der Waals surface area (Å²) in [5.74, 6) is 0.988. The average Bonchev–Trinajstić information content (AvgIpc) is 2.46. The highest BCUT2D eigenvalue weighted by Crippen LogP contribution is 2.47. The van der Waals surface area contributed by atoms with Crippen molar-refractivity contribution < 1.29 is 4.52 Å². The summed E-state index contributed by atoms with van der Waals surface area (Å²) in [6, 6.07) is 1.83. The van der Waals surface area contributed by atoms with Crippen molar-refractivity contribution in [3.63, 3.8) is 0 Å². The Morgan fingerprint density at radius 3 is 3.00 bits per heavy atom. The Morgan fingerprint density at radius 1 is 1.78 bits per heavy atom. The molecule has 0 saturated heterocycles. The minimum atomic E-state index is 0.312. The summed E-state index contributed by atoms with van der Waals surface area (Å²) in [7, 11) is 0. The lowest BCUT2D eigenvalue weighted by molar-refractivity contribution is 0.359. The molecule has 0 N–H and O–H groups in total. The maximum atomic E-state index is 4.95. The molecule has 1 aromatic rings. The van der Waals surface area contributed by atoms with Crippen molar-refractivity contribution in [3.8, 4) is 0 Å². The van der Waals surface area contributed by atoms with Crippen LogP contribution in [0.2, 0.25) is 0 Å². The monoisotopic (exact) mass is 122 g/mol. The molecule has 47 valence electrons. The standard InChI is InChI=1S/C7H8NO/c1-7(3-4-7)6-2-5-8-9-6/h2H,3-4H2,1H3. The fourth-order valence-corrected chi connectivity index (χ4v) is 0.905. The van der Waals surface area contributed by atoms with Gasteiger partial charge in [-0.15, -0.1) is 0 Å². The first-order chi connectivity index (χ1) is 4.31. The molecule has 1 saturated carbocycles. The van der Waals surface area contributed by atoms with E-state index in [2.05, 4.69) is 18.3 Å². The molecule has 0 atom stereocenters. The lowest BCUT2D eigenvalue weighted by Crippen LogP contribution is -1.95. The summed E-state index contributed by atoms with van der Waals surface area (Å²) in [6.07, 6.45) is 5.12. The third-order valence-electron chi connectivity index (χ3n) is 1.99. The Hall–Kier alpha value is -0.790. The molecule has 1 fully saturated rings. The van der Waals surface area contributed by atoms with Gasteiger partial charge >= 0.3 is 0 Å². The van der Waals surface area contributed by atoms with Crippen molar-refractivity contribution in [2.45, 2.75) is 25.2 Å². The van der Waals surface area contributed by atoms with Crippen molar-refractivity contribution in [1.82, 2.24) is 5.16 Å². The second kappa shape index (κ2) is 1.38. The van der Waals surface area contributed by atoms with E-state index in [1.54, 1.807) is 0 Å². The topological polar surface area (TPSA) is 26.0 Å². The summed E-state index contributed by atoms with van der Waals surface area (Å²) in [5.41, 5.74) is 0.312. The third-order valence-corrected chi connectivity index (χ3v) is 1.99. The number of aromatic nitrogens is 1. The fourth-order valence-electron chi connectivity index (χ4n) is 0.905. The molecule has 1 aliphatic rings. The molecule has 1 aliphatic carbocycles. The zero-order valence-electron chi connectivity index (χ0n) is 5.35. The molecular formula is C7H8NO. The first-order valence-corrected chi connectivity index (χ1v) is 3.14. The lowest BCUT2D eigenvalue weighted by Gasteiger charge is -1.97. The minimum absolute atomic E-state index is 0.312. The molecule has 2 heteroatoms. The highest BCUT2D eigenvalue weighted by molar-refractivity contribution is 5.17. The van der Waals surface area contributed by atoms with Gasteiger partial charge in [0.15, 0.2) is 0 Å². The number of hydrogen-bond acceptors (Lipinski definition) is 2. The minimum Gasteiger partial charge on any atom is -0.360 e. The van der Waals surface area contributed by atoms with Gasteiger partial charge in [0.2, 0.25) is 0 Å². The van der Waals surface area contributed by atoms with Gasteiger partial charge in [-0.25, -0.2) is 0 Å². The normalized spacial score (nSPS) is 21.9. The quantitative estimate of drug-likeness (QED) is 0.564. The van der Waals surface area contributed by atoms with Gasteiger partial charge in [0.25, 0.3) is 0 Å². The SMILES string of the molecule is CC1(c2c[c]no2)CC1. The average molecular weight is 122 g/mol. The Kier molecular flexibility index (Phi) is 0.770. The van der Waals surface area contributed by atoms with Crippen LogP contribution in [0.3, 0.4) is 0 Å². The van der Waals surface area contributed by atoms with Crippen molar-refractivity contribution in [1.29, 1.82) is 0 Å². The van der Waals surface area contributed by atoms with Gasteiger partial charge in [-0.1, -0.05) is 12.1 Å². The lowest BCUT2D eigenvalue weighted by atomic mass is 10.1. The van der Waals surface area contributed by atoms with Crippen molar-refractivity contribution in [2.75, 3.05) is 0 Å². The van der Waals surface area contributed by atoms with E-state index in [4.69, 9.17) is 4.52 Å². The molecule has 9 heavy (non-hydrogen) atoms.